The number of carboxylic acids is 1. The van der Waals surface area contributed by atoms with Gasteiger partial charge < -0.3 is 14.6 Å². The van der Waals surface area contributed by atoms with Crippen molar-refractivity contribution in [3.05, 3.63) is 35.4 Å². The van der Waals surface area contributed by atoms with Gasteiger partial charge in [-0.1, -0.05) is 76.8 Å². The van der Waals surface area contributed by atoms with E-state index in [2.05, 4.69) is 6.92 Å². The van der Waals surface area contributed by atoms with E-state index in [-0.39, 0.29) is 12.4 Å². The van der Waals surface area contributed by atoms with Crippen LogP contribution in [-0.2, 0) is 9.53 Å². The first-order chi connectivity index (χ1) is 13.7. The fraction of sp³-hybridized carbons (Fsp3) is 0.565. The van der Waals surface area contributed by atoms with Crippen LogP contribution in [0, 0.1) is 11.3 Å². The van der Waals surface area contributed by atoms with Crippen molar-refractivity contribution in [3.63, 3.8) is 0 Å². The van der Waals surface area contributed by atoms with Gasteiger partial charge in [0.05, 0.1) is 6.61 Å². The number of benzene rings is 1. The molecule has 0 fully saturated rings. The molecule has 0 spiro atoms. The Kier molecular flexibility index (Phi) is 13.3. The summed E-state index contributed by atoms with van der Waals surface area (Å²) in [4.78, 5) is 10.8. The number of hydrogen-bond donors (Lipinski definition) is 1. The van der Waals surface area contributed by atoms with Crippen LogP contribution in [0.1, 0.15) is 76.7 Å². The highest BCUT2D eigenvalue weighted by Gasteiger charge is 2.05. The summed E-state index contributed by atoms with van der Waals surface area (Å²) in [6, 6.07) is 8.52. The standard InChI is InChI=1S/C23H33NO4/c1-2-3-4-5-6-7-8-9-10-11-16-27-19-28-22-14-12-20(13-15-22)17-21(18-24)23(25)26/h12-15,17H,2-11,16,19H2,1H3,(H,25,26)/b21-17-. The van der Waals surface area contributed by atoms with Crippen LogP contribution in [0.15, 0.2) is 29.8 Å². The van der Waals surface area contributed by atoms with Crippen LogP contribution in [0.2, 0.25) is 0 Å². The molecule has 0 aliphatic carbocycles. The normalized spacial score (nSPS) is 11.2. The van der Waals surface area contributed by atoms with Crippen molar-refractivity contribution in [2.24, 2.45) is 0 Å². The Balaban J connectivity index is 2.05. The molecule has 5 nitrogen and oxygen atoms in total. The molecule has 0 heterocycles. The molecule has 28 heavy (non-hydrogen) atoms. The number of aliphatic carboxylic acids is 1. The number of nitrogens with zero attached hydrogens (tertiary/aromatic N) is 1. The molecule has 1 aromatic carbocycles. The van der Waals surface area contributed by atoms with Crippen LogP contribution in [0.4, 0.5) is 0 Å². The second-order valence-corrected chi connectivity index (χ2v) is 6.90. The average molecular weight is 388 g/mol. The van der Waals surface area contributed by atoms with Gasteiger partial charge in [0.2, 0.25) is 0 Å². The highest BCUT2D eigenvalue weighted by atomic mass is 16.7. The summed E-state index contributed by atoms with van der Waals surface area (Å²) in [5.41, 5.74) is 0.339. The second kappa shape index (κ2) is 15.7. The van der Waals surface area contributed by atoms with Crippen molar-refractivity contribution >= 4 is 12.0 Å². The predicted octanol–water partition coefficient (Wildman–Crippen LogP) is 5.95. The van der Waals surface area contributed by atoms with Gasteiger partial charge in [-0.05, 0) is 30.2 Å². The number of ether oxygens (including phenoxy) is 2. The van der Waals surface area contributed by atoms with E-state index in [4.69, 9.17) is 19.8 Å². The number of unbranched alkanes of at least 4 members (excludes halogenated alkanes) is 9. The van der Waals surface area contributed by atoms with Gasteiger partial charge in [-0.15, -0.1) is 0 Å². The van der Waals surface area contributed by atoms with Gasteiger partial charge in [-0.25, -0.2) is 4.79 Å². The zero-order valence-corrected chi connectivity index (χ0v) is 17.0. The highest BCUT2D eigenvalue weighted by Crippen LogP contribution is 2.15. The van der Waals surface area contributed by atoms with Gasteiger partial charge in [-0.3, -0.25) is 0 Å². The van der Waals surface area contributed by atoms with E-state index < -0.39 is 5.97 Å². The summed E-state index contributed by atoms with van der Waals surface area (Å²) < 4.78 is 11.0. The first-order valence-corrected chi connectivity index (χ1v) is 10.3. The van der Waals surface area contributed by atoms with E-state index >= 15 is 0 Å². The molecular weight excluding hydrogens is 354 g/mol. The van der Waals surface area contributed by atoms with Crippen molar-refractivity contribution in [1.29, 1.82) is 5.26 Å². The van der Waals surface area contributed by atoms with Crippen molar-refractivity contribution in [3.8, 4) is 11.8 Å². The zero-order chi connectivity index (χ0) is 20.5. The number of rotatable bonds is 16. The fourth-order valence-electron chi connectivity index (χ4n) is 2.83. The van der Waals surface area contributed by atoms with E-state index in [0.717, 1.165) is 6.42 Å². The van der Waals surface area contributed by atoms with Crippen LogP contribution < -0.4 is 4.74 Å². The van der Waals surface area contributed by atoms with Crippen LogP contribution in [0.25, 0.3) is 6.08 Å². The summed E-state index contributed by atoms with van der Waals surface area (Å²) in [6.07, 6.45) is 14.3. The molecule has 0 atom stereocenters. The summed E-state index contributed by atoms with van der Waals surface area (Å²) in [5, 5.41) is 17.6. The van der Waals surface area contributed by atoms with Crippen LogP contribution in [0.3, 0.4) is 0 Å². The number of nitriles is 1. The first-order valence-electron chi connectivity index (χ1n) is 10.3. The second-order valence-electron chi connectivity index (χ2n) is 6.90. The average Bonchev–Trinajstić information content (AvgIpc) is 2.70. The molecule has 0 unspecified atom stereocenters. The fourth-order valence-corrected chi connectivity index (χ4v) is 2.83. The minimum atomic E-state index is -1.23. The molecule has 0 radical (unpaired) electrons. The summed E-state index contributed by atoms with van der Waals surface area (Å²) >= 11 is 0. The van der Waals surface area contributed by atoms with Gasteiger partial charge in [-0.2, -0.15) is 5.26 Å². The minimum Gasteiger partial charge on any atom is -0.477 e. The SMILES string of the molecule is CCCCCCCCCCCCOCOc1ccc(/C=C(/C#N)C(=O)O)cc1. The Morgan fingerprint density at radius 2 is 1.57 bits per heavy atom. The molecule has 1 N–H and O–H groups in total. The van der Waals surface area contributed by atoms with E-state index in [1.807, 2.05) is 0 Å². The Morgan fingerprint density at radius 3 is 2.11 bits per heavy atom. The number of carboxylic acid groups (broad SMARTS) is 1. The lowest BCUT2D eigenvalue weighted by atomic mass is 10.1. The molecule has 0 saturated heterocycles. The summed E-state index contributed by atoms with van der Waals surface area (Å²) in [7, 11) is 0. The van der Waals surface area contributed by atoms with Crippen molar-refractivity contribution in [2.45, 2.75) is 71.1 Å². The predicted molar refractivity (Wildman–Crippen MR) is 111 cm³/mol. The summed E-state index contributed by atoms with van der Waals surface area (Å²) in [6.45, 7) is 3.14. The van der Waals surface area contributed by atoms with Gasteiger partial charge >= 0.3 is 5.97 Å². The van der Waals surface area contributed by atoms with Crippen LogP contribution in [-0.4, -0.2) is 24.5 Å². The van der Waals surface area contributed by atoms with Crippen molar-refractivity contribution in [1.82, 2.24) is 0 Å². The Hall–Kier alpha value is -2.32. The monoisotopic (exact) mass is 387 g/mol. The molecule has 0 amide bonds. The molecule has 1 aromatic rings. The largest absolute Gasteiger partial charge is 0.477 e. The minimum absolute atomic E-state index is 0.200. The van der Waals surface area contributed by atoms with Gasteiger partial charge in [0.25, 0.3) is 0 Å². The highest BCUT2D eigenvalue weighted by molar-refractivity contribution is 5.96. The Bertz CT molecular complexity index is 616. The topological polar surface area (TPSA) is 79.5 Å². The molecule has 0 aromatic heterocycles. The van der Waals surface area contributed by atoms with E-state index in [1.165, 1.54) is 63.9 Å². The summed E-state index contributed by atoms with van der Waals surface area (Å²) in [5.74, 6) is -0.586. The van der Waals surface area contributed by atoms with Gasteiger partial charge in [0, 0.05) is 0 Å². The molecule has 0 saturated carbocycles. The van der Waals surface area contributed by atoms with E-state index in [0.29, 0.717) is 17.9 Å². The van der Waals surface area contributed by atoms with E-state index in [9.17, 15) is 4.79 Å². The molecule has 0 bridgehead atoms. The van der Waals surface area contributed by atoms with Gasteiger partial charge in [0.1, 0.15) is 17.4 Å². The lowest BCUT2D eigenvalue weighted by Crippen LogP contribution is -2.04. The van der Waals surface area contributed by atoms with Crippen LogP contribution >= 0.6 is 0 Å². The molecule has 1 rings (SSSR count). The maximum Gasteiger partial charge on any atom is 0.346 e. The van der Waals surface area contributed by atoms with E-state index in [1.54, 1.807) is 30.3 Å². The number of hydrogen-bond acceptors (Lipinski definition) is 4. The number of carbonyl (C=O) groups is 1. The van der Waals surface area contributed by atoms with Crippen molar-refractivity contribution < 1.29 is 19.4 Å². The molecule has 0 aliphatic rings. The molecular formula is C23H33NO4. The Labute approximate surface area is 169 Å². The third kappa shape index (κ3) is 11.4. The third-order valence-corrected chi connectivity index (χ3v) is 4.49. The lowest BCUT2D eigenvalue weighted by Gasteiger charge is -2.07. The van der Waals surface area contributed by atoms with Crippen LogP contribution in [0.5, 0.6) is 5.75 Å². The smallest absolute Gasteiger partial charge is 0.346 e. The molecule has 154 valence electrons. The third-order valence-electron chi connectivity index (χ3n) is 4.49. The van der Waals surface area contributed by atoms with Crippen molar-refractivity contribution in [2.75, 3.05) is 13.4 Å². The Morgan fingerprint density at radius 1 is 1.00 bits per heavy atom. The maximum atomic E-state index is 10.8. The quantitative estimate of drug-likeness (QED) is 0.164. The van der Waals surface area contributed by atoms with Gasteiger partial charge in [0.15, 0.2) is 6.79 Å². The lowest BCUT2D eigenvalue weighted by molar-refractivity contribution is -0.132. The zero-order valence-electron chi connectivity index (χ0n) is 17.0. The first kappa shape index (κ1) is 23.7. The maximum absolute atomic E-state index is 10.8. The molecule has 5 heteroatoms. The molecule has 0 aliphatic heterocycles.